The monoisotopic (exact) mass is 380 g/mol. The second-order valence-corrected chi connectivity index (χ2v) is 10.6. The molecule has 2 fully saturated rings. The molecular weight excluding hydrogens is 356 g/mol. The Labute approximate surface area is 153 Å². The number of fused-ring (bicyclic) bond motifs is 1. The minimum Gasteiger partial charge on any atom is -0.315 e. The van der Waals surface area contributed by atoms with E-state index in [-0.39, 0.29) is 34.6 Å². The molecule has 0 radical (unpaired) electrons. The SMILES string of the molecule is CC(C)C(=O)N=C1S[C@@H]2CS(=O)(=O)C[C@H]2N1c1ccccc1C(C)C. The molecule has 2 atom stereocenters. The summed E-state index contributed by atoms with van der Waals surface area (Å²) in [5, 5.41) is 0.570. The minimum atomic E-state index is -3.05. The fourth-order valence-electron chi connectivity index (χ4n) is 3.26. The summed E-state index contributed by atoms with van der Waals surface area (Å²) in [6, 6.07) is 7.83. The van der Waals surface area contributed by atoms with Gasteiger partial charge in [0, 0.05) is 16.9 Å². The molecule has 0 bridgehead atoms. The first-order valence-electron chi connectivity index (χ1n) is 8.57. The zero-order valence-corrected chi connectivity index (χ0v) is 16.6. The van der Waals surface area contributed by atoms with Crippen molar-refractivity contribution >= 4 is 38.4 Å². The third-order valence-electron chi connectivity index (χ3n) is 4.58. The summed E-state index contributed by atoms with van der Waals surface area (Å²) in [4.78, 5) is 18.5. The third-order valence-corrected chi connectivity index (χ3v) is 7.79. The maximum Gasteiger partial charge on any atom is 0.250 e. The minimum absolute atomic E-state index is 0.0658. The molecule has 0 aromatic heterocycles. The molecule has 2 aliphatic heterocycles. The van der Waals surface area contributed by atoms with Crippen LogP contribution < -0.4 is 4.90 Å². The Bertz CT molecular complexity index is 815. The Morgan fingerprint density at radius 3 is 2.52 bits per heavy atom. The van der Waals surface area contributed by atoms with Crippen LogP contribution in [0.2, 0.25) is 0 Å². The number of nitrogens with zero attached hydrogens (tertiary/aromatic N) is 2. The van der Waals surface area contributed by atoms with Crippen LogP contribution in [0.25, 0.3) is 0 Å². The van der Waals surface area contributed by atoms with Gasteiger partial charge >= 0.3 is 0 Å². The molecular formula is C18H24N2O3S2. The number of thioether (sulfide) groups is 1. The van der Waals surface area contributed by atoms with Gasteiger partial charge in [-0.3, -0.25) is 4.79 Å². The number of amidine groups is 1. The summed E-state index contributed by atoms with van der Waals surface area (Å²) in [7, 11) is -3.05. The van der Waals surface area contributed by atoms with E-state index in [9.17, 15) is 13.2 Å². The van der Waals surface area contributed by atoms with E-state index in [0.717, 1.165) is 11.3 Å². The predicted octanol–water partition coefficient (Wildman–Crippen LogP) is 3.07. The number of rotatable bonds is 3. The van der Waals surface area contributed by atoms with E-state index in [2.05, 4.69) is 24.9 Å². The maximum atomic E-state index is 12.2. The molecule has 2 saturated heterocycles. The standard InChI is InChI=1S/C18H24N2O3S2/c1-11(2)13-7-5-6-8-14(13)20-15-9-25(22,23)10-16(15)24-18(20)19-17(21)12(3)4/h5-8,11-12,15-16H,9-10H2,1-4H3/t15-,16-/m1/s1. The lowest BCUT2D eigenvalue weighted by atomic mass is 9.99. The second-order valence-electron chi connectivity index (χ2n) is 7.27. The fraction of sp³-hybridized carbons (Fsp3) is 0.556. The van der Waals surface area contributed by atoms with Gasteiger partial charge in [0.15, 0.2) is 15.0 Å². The summed E-state index contributed by atoms with van der Waals surface area (Å²) in [5.74, 6) is 0.209. The molecule has 0 spiro atoms. The Balaban J connectivity index is 2.09. The smallest absolute Gasteiger partial charge is 0.250 e. The Morgan fingerprint density at radius 2 is 1.88 bits per heavy atom. The van der Waals surface area contributed by atoms with Crippen LogP contribution in [-0.4, -0.2) is 42.3 Å². The van der Waals surface area contributed by atoms with Gasteiger partial charge in [-0.2, -0.15) is 4.99 Å². The van der Waals surface area contributed by atoms with E-state index < -0.39 is 9.84 Å². The van der Waals surface area contributed by atoms with Crippen molar-refractivity contribution in [2.75, 3.05) is 16.4 Å². The summed E-state index contributed by atoms with van der Waals surface area (Å²) in [5.41, 5.74) is 2.10. The number of hydrogen-bond acceptors (Lipinski definition) is 4. The van der Waals surface area contributed by atoms with Crippen molar-refractivity contribution in [3.63, 3.8) is 0 Å². The molecule has 136 valence electrons. The van der Waals surface area contributed by atoms with Crippen molar-refractivity contribution in [3.8, 4) is 0 Å². The lowest BCUT2D eigenvalue weighted by Gasteiger charge is -2.28. The molecule has 0 N–H and O–H groups in total. The van der Waals surface area contributed by atoms with Crippen LogP contribution in [0.15, 0.2) is 29.3 Å². The number of carbonyl (C=O) groups excluding carboxylic acids is 1. The number of anilines is 1. The van der Waals surface area contributed by atoms with Crippen LogP contribution >= 0.6 is 11.8 Å². The van der Waals surface area contributed by atoms with E-state index in [1.165, 1.54) is 11.8 Å². The van der Waals surface area contributed by atoms with E-state index in [1.54, 1.807) is 0 Å². The number of amides is 1. The molecule has 0 unspecified atom stereocenters. The number of carbonyl (C=O) groups is 1. The fourth-order valence-corrected chi connectivity index (χ4v) is 7.18. The third kappa shape index (κ3) is 3.62. The topological polar surface area (TPSA) is 66.8 Å². The van der Waals surface area contributed by atoms with Crippen molar-refractivity contribution in [1.29, 1.82) is 0 Å². The van der Waals surface area contributed by atoms with Crippen LogP contribution in [0, 0.1) is 5.92 Å². The number of benzene rings is 1. The average Bonchev–Trinajstić information content (AvgIpc) is 2.97. The van der Waals surface area contributed by atoms with Gasteiger partial charge in [0.25, 0.3) is 5.91 Å². The van der Waals surface area contributed by atoms with Crippen LogP contribution in [0.1, 0.15) is 39.2 Å². The second kappa shape index (κ2) is 6.76. The lowest BCUT2D eigenvalue weighted by molar-refractivity contribution is -0.120. The van der Waals surface area contributed by atoms with Gasteiger partial charge < -0.3 is 4.90 Å². The number of aliphatic imine (C=N–C) groups is 1. The summed E-state index contributed by atoms with van der Waals surface area (Å²) < 4.78 is 24.3. The normalized spacial score (nSPS) is 26.6. The van der Waals surface area contributed by atoms with Gasteiger partial charge in [-0.05, 0) is 17.5 Å². The van der Waals surface area contributed by atoms with Crippen LogP contribution in [0.4, 0.5) is 5.69 Å². The van der Waals surface area contributed by atoms with Crippen molar-refractivity contribution in [3.05, 3.63) is 29.8 Å². The zero-order valence-electron chi connectivity index (χ0n) is 15.0. The van der Waals surface area contributed by atoms with E-state index >= 15 is 0 Å². The van der Waals surface area contributed by atoms with E-state index in [1.807, 2.05) is 36.9 Å². The molecule has 1 aromatic carbocycles. The van der Waals surface area contributed by atoms with Crippen LogP contribution in [0.5, 0.6) is 0 Å². The predicted molar refractivity (Wildman–Crippen MR) is 104 cm³/mol. The maximum absolute atomic E-state index is 12.2. The molecule has 25 heavy (non-hydrogen) atoms. The zero-order chi connectivity index (χ0) is 18.4. The van der Waals surface area contributed by atoms with E-state index in [0.29, 0.717) is 11.1 Å². The first-order valence-corrected chi connectivity index (χ1v) is 11.3. The Morgan fingerprint density at radius 1 is 1.20 bits per heavy atom. The van der Waals surface area contributed by atoms with Crippen molar-refractivity contribution in [1.82, 2.24) is 0 Å². The highest BCUT2D eigenvalue weighted by molar-refractivity contribution is 8.16. The first-order chi connectivity index (χ1) is 11.7. The average molecular weight is 381 g/mol. The van der Waals surface area contributed by atoms with Gasteiger partial charge in [-0.15, -0.1) is 0 Å². The van der Waals surface area contributed by atoms with Crippen molar-refractivity contribution < 1.29 is 13.2 Å². The Hall–Kier alpha value is -1.34. The summed E-state index contributed by atoms with van der Waals surface area (Å²) in [6.45, 7) is 7.87. The highest BCUT2D eigenvalue weighted by Gasteiger charge is 2.49. The Kier molecular flexibility index (Phi) is 4.99. The van der Waals surface area contributed by atoms with Crippen LogP contribution in [0.3, 0.4) is 0 Å². The quantitative estimate of drug-likeness (QED) is 0.806. The van der Waals surface area contributed by atoms with Gasteiger partial charge in [0.2, 0.25) is 0 Å². The molecule has 3 rings (SSSR count). The lowest BCUT2D eigenvalue weighted by Crippen LogP contribution is -2.38. The molecule has 2 aliphatic rings. The summed E-state index contributed by atoms with van der Waals surface area (Å²) in [6.07, 6.45) is 0. The highest BCUT2D eigenvalue weighted by Crippen LogP contribution is 2.43. The first kappa shape index (κ1) is 18.5. The molecule has 2 heterocycles. The molecule has 0 aliphatic carbocycles. The van der Waals surface area contributed by atoms with E-state index in [4.69, 9.17) is 0 Å². The number of hydrogen-bond donors (Lipinski definition) is 0. The molecule has 1 amide bonds. The summed E-state index contributed by atoms with van der Waals surface area (Å²) >= 11 is 1.43. The molecule has 0 saturated carbocycles. The van der Waals surface area contributed by atoms with Gasteiger partial charge in [0.1, 0.15) is 0 Å². The molecule has 1 aromatic rings. The largest absolute Gasteiger partial charge is 0.315 e. The van der Waals surface area contributed by atoms with Crippen molar-refractivity contribution in [2.45, 2.75) is 44.9 Å². The molecule has 7 heteroatoms. The number of para-hydroxylation sites is 1. The van der Waals surface area contributed by atoms with Crippen LogP contribution in [-0.2, 0) is 14.6 Å². The van der Waals surface area contributed by atoms with Gasteiger partial charge in [-0.25, -0.2) is 8.42 Å². The molecule has 5 nitrogen and oxygen atoms in total. The number of sulfone groups is 1. The van der Waals surface area contributed by atoms with Gasteiger partial charge in [-0.1, -0.05) is 57.7 Å². The van der Waals surface area contributed by atoms with Gasteiger partial charge in [0.05, 0.1) is 17.5 Å². The highest BCUT2D eigenvalue weighted by atomic mass is 32.2. The van der Waals surface area contributed by atoms with Crippen molar-refractivity contribution in [2.24, 2.45) is 10.9 Å².